The van der Waals surface area contributed by atoms with Crippen LogP contribution >= 0.6 is 0 Å². The molecule has 2 aromatic carbocycles. The van der Waals surface area contributed by atoms with Crippen molar-refractivity contribution in [3.63, 3.8) is 0 Å². The lowest BCUT2D eigenvalue weighted by atomic mass is 9.99. The van der Waals surface area contributed by atoms with Gasteiger partial charge in [0.2, 0.25) is 11.8 Å². The molecule has 0 aliphatic rings. The Bertz CT molecular complexity index is 1260. The monoisotopic (exact) mass is 521 g/mol. The van der Waals surface area contributed by atoms with Crippen LogP contribution in [0.4, 0.5) is 0 Å². The van der Waals surface area contributed by atoms with Crippen molar-refractivity contribution in [2.75, 3.05) is 6.54 Å². The van der Waals surface area contributed by atoms with E-state index in [1.165, 1.54) is 0 Å². The van der Waals surface area contributed by atoms with Gasteiger partial charge in [-0.2, -0.15) is 0 Å². The summed E-state index contributed by atoms with van der Waals surface area (Å²) in [6.45, 7) is 3.20. The fourth-order valence-electron chi connectivity index (χ4n) is 3.96. The summed E-state index contributed by atoms with van der Waals surface area (Å²) in [7, 11) is 0. The van der Waals surface area contributed by atoms with Crippen LogP contribution in [0.3, 0.4) is 0 Å². The third-order valence-electron chi connectivity index (χ3n) is 6.52. The predicted molar refractivity (Wildman–Crippen MR) is 144 cm³/mol. The molecule has 202 valence electrons. The number of hydrogen-bond donors (Lipinski definition) is 5. The van der Waals surface area contributed by atoms with Gasteiger partial charge in [0.25, 0.3) is 0 Å². The molecule has 3 aromatic rings. The number of carbonyl (C=O) groups is 4. The normalized spacial score (nSPS) is 14.2. The van der Waals surface area contributed by atoms with Crippen molar-refractivity contribution in [2.45, 2.75) is 51.2 Å². The molecule has 4 atom stereocenters. The first-order chi connectivity index (χ1) is 18.2. The van der Waals surface area contributed by atoms with Crippen molar-refractivity contribution in [2.24, 2.45) is 17.4 Å². The molecule has 0 spiro atoms. The van der Waals surface area contributed by atoms with E-state index in [4.69, 9.17) is 16.2 Å². The number of esters is 2. The molecule has 10 heteroatoms. The zero-order chi connectivity index (χ0) is 27.7. The molecule has 7 N–H and O–H groups in total. The molecule has 0 unspecified atom stereocenters. The average Bonchev–Trinajstić information content (AvgIpc) is 3.33. The number of rotatable bonds is 12. The number of ether oxygens (including phenoxy) is 1. The maximum atomic E-state index is 13.0. The van der Waals surface area contributed by atoms with E-state index in [-0.39, 0.29) is 18.8 Å². The van der Waals surface area contributed by atoms with Crippen molar-refractivity contribution in [1.29, 1.82) is 0 Å². The summed E-state index contributed by atoms with van der Waals surface area (Å²) >= 11 is 0. The summed E-state index contributed by atoms with van der Waals surface area (Å²) in [4.78, 5) is 53.4. The maximum absolute atomic E-state index is 13.0. The molecule has 3 rings (SSSR count). The second-order valence-corrected chi connectivity index (χ2v) is 9.34. The Labute approximate surface area is 221 Å². The minimum Gasteiger partial charge on any atom is -0.390 e. The fraction of sp³-hybridized carbons (Fsp3) is 0.357. The van der Waals surface area contributed by atoms with E-state index in [9.17, 15) is 19.2 Å². The SMILES string of the molecule is CC[C@H](C)[C@H](N)C(=O)NCC(=O)OC(=O)[C@H](Cc1ccccc1)NC(=O)[C@@H](N)Cc1c[nH]c2ccccc12. The van der Waals surface area contributed by atoms with E-state index in [0.29, 0.717) is 6.42 Å². The molecule has 0 aliphatic heterocycles. The Morgan fingerprint density at radius 2 is 1.63 bits per heavy atom. The summed E-state index contributed by atoms with van der Waals surface area (Å²) < 4.78 is 4.95. The van der Waals surface area contributed by atoms with Crippen molar-refractivity contribution < 1.29 is 23.9 Å². The van der Waals surface area contributed by atoms with Gasteiger partial charge in [0, 0.05) is 23.5 Å². The highest BCUT2D eigenvalue weighted by Crippen LogP contribution is 2.19. The van der Waals surface area contributed by atoms with Crippen LogP contribution in [-0.4, -0.2) is 53.4 Å². The molecular formula is C28H35N5O5. The van der Waals surface area contributed by atoms with Gasteiger partial charge in [-0.15, -0.1) is 0 Å². The van der Waals surface area contributed by atoms with E-state index in [0.717, 1.165) is 22.0 Å². The first kappa shape index (κ1) is 28.5. The summed E-state index contributed by atoms with van der Waals surface area (Å²) in [5, 5.41) is 5.97. The predicted octanol–water partition coefficient (Wildman–Crippen LogP) is 1.32. The topological polar surface area (TPSA) is 169 Å². The summed E-state index contributed by atoms with van der Waals surface area (Å²) in [6, 6.07) is 13.8. The number of carbonyl (C=O) groups excluding carboxylic acids is 4. The molecule has 0 aliphatic carbocycles. The van der Waals surface area contributed by atoms with Crippen LogP contribution in [0.2, 0.25) is 0 Å². The van der Waals surface area contributed by atoms with Gasteiger partial charge in [-0.3, -0.25) is 9.59 Å². The van der Waals surface area contributed by atoms with Crippen LogP contribution in [0, 0.1) is 5.92 Å². The maximum Gasteiger partial charge on any atom is 0.336 e. The average molecular weight is 522 g/mol. The van der Waals surface area contributed by atoms with E-state index in [1.807, 2.05) is 44.2 Å². The Morgan fingerprint density at radius 3 is 2.34 bits per heavy atom. The Hall–Kier alpha value is -4.02. The number of aromatic nitrogens is 1. The van der Waals surface area contributed by atoms with Crippen LogP contribution in [-0.2, 0) is 36.8 Å². The first-order valence-electron chi connectivity index (χ1n) is 12.6. The van der Waals surface area contributed by atoms with Crippen molar-refractivity contribution >= 4 is 34.7 Å². The lowest BCUT2D eigenvalue weighted by molar-refractivity contribution is -0.161. The molecule has 38 heavy (non-hydrogen) atoms. The van der Waals surface area contributed by atoms with Crippen LogP contribution < -0.4 is 22.1 Å². The van der Waals surface area contributed by atoms with Gasteiger partial charge in [0.05, 0.1) is 12.1 Å². The van der Waals surface area contributed by atoms with Crippen molar-refractivity contribution in [3.8, 4) is 0 Å². The molecule has 0 bridgehead atoms. The molecule has 10 nitrogen and oxygen atoms in total. The smallest absolute Gasteiger partial charge is 0.336 e. The van der Waals surface area contributed by atoms with Gasteiger partial charge in [-0.1, -0.05) is 68.8 Å². The molecule has 0 fully saturated rings. The number of fused-ring (bicyclic) bond motifs is 1. The number of nitrogens with two attached hydrogens (primary N) is 2. The molecule has 2 amide bonds. The first-order valence-corrected chi connectivity index (χ1v) is 12.6. The molecular weight excluding hydrogens is 486 g/mol. The molecule has 0 saturated heterocycles. The van der Waals surface area contributed by atoms with E-state index >= 15 is 0 Å². The third kappa shape index (κ3) is 7.74. The van der Waals surface area contributed by atoms with Gasteiger partial charge in [0.15, 0.2) is 0 Å². The van der Waals surface area contributed by atoms with E-state index in [2.05, 4.69) is 15.6 Å². The summed E-state index contributed by atoms with van der Waals surface area (Å²) in [5.74, 6) is -3.07. The number of para-hydroxylation sites is 1. The highest BCUT2D eigenvalue weighted by atomic mass is 16.6. The lowest BCUT2D eigenvalue weighted by Crippen LogP contribution is -2.51. The number of amides is 2. The fourth-order valence-corrected chi connectivity index (χ4v) is 3.96. The Balaban J connectivity index is 1.63. The van der Waals surface area contributed by atoms with Crippen LogP contribution in [0.25, 0.3) is 10.9 Å². The highest BCUT2D eigenvalue weighted by Gasteiger charge is 2.28. The Morgan fingerprint density at radius 1 is 0.947 bits per heavy atom. The quantitative estimate of drug-likeness (QED) is 0.177. The van der Waals surface area contributed by atoms with Gasteiger partial charge < -0.3 is 31.8 Å². The molecule has 0 saturated carbocycles. The minimum absolute atomic E-state index is 0.0772. The van der Waals surface area contributed by atoms with Gasteiger partial charge >= 0.3 is 11.9 Å². The van der Waals surface area contributed by atoms with Crippen molar-refractivity contribution in [1.82, 2.24) is 15.6 Å². The van der Waals surface area contributed by atoms with Crippen molar-refractivity contribution in [3.05, 3.63) is 71.9 Å². The number of benzene rings is 2. The Kier molecular flexibility index (Phi) is 10.1. The standard InChI is InChI=1S/C28H35N5O5/c1-3-17(2)25(30)27(36)32-16-24(34)38-28(37)23(13-18-9-5-4-6-10-18)33-26(35)21(29)14-19-15-31-22-12-8-7-11-20(19)22/h4-12,15,17,21,23,25,31H,3,13-14,16,29-30H2,1-2H3,(H,32,36)(H,33,35)/t17-,21-,23-,25-/m0/s1. The lowest BCUT2D eigenvalue weighted by Gasteiger charge is -2.20. The number of nitrogens with one attached hydrogen (secondary N) is 3. The van der Waals surface area contributed by atoms with Gasteiger partial charge in [-0.05, 0) is 29.5 Å². The number of H-pyrrole nitrogens is 1. The summed E-state index contributed by atoms with van der Waals surface area (Å²) in [5.41, 5.74) is 14.6. The molecule has 0 radical (unpaired) electrons. The van der Waals surface area contributed by atoms with Crippen LogP contribution in [0.5, 0.6) is 0 Å². The number of hydrogen-bond acceptors (Lipinski definition) is 7. The molecule has 1 heterocycles. The molecule has 1 aromatic heterocycles. The van der Waals surface area contributed by atoms with E-state index in [1.54, 1.807) is 30.5 Å². The van der Waals surface area contributed by atoms with Gasteiger partial charge in [0.1, 0.15) is 12.6 Å². The summed E-state index contributed by atoms with van der Waals surface area (Å²) in [6.07, 6.45) is 2.82. The second kappa shape index (κ2) is 13.5. The van der Waals surface area contributed by atoms with Crippen LogP contribution in [0.15, 0.2) is 60.8 Å². The zero-order valence-electron chi connectivity index (χ0n) is 21.6. The zero-order valence-corrected chi connectivity index (χ0v) is 21.6. The second-order valence-electron chi connectivity index (χ2n) is 9.34. The van der Waals surface area contributed by atoms with Crippen LogP contribution in [0.1, 0.15) is 31.4 Å². The van der Waals surface area contributed by atoms with E-state index < -0.39 is 48.4 Å². The minimum atomic E-state index is -1.17. The largest absolute Gasteiger partial charge is 0.390 e. The van der Waals surface area contributed by atoms with Gasteiger partial charge in [-0.25, -0.2) is 9.59 Å². The third-order valence-corrected chi connectivity index (χ3v) is 6.52. The number of aromatic amines is 1. The highest BCUT2D eigenvalue weighted by molar-refractivity contribution is 5.94.